The van der Waals surface area contributed by atoms with E-state index in [1.54, 1.807) is 4.90 Å². The first-order valence-corrected chi connectivity index (χ1v) is 12.8. The lowest BCUT2D eigenvalue weighted by atomic mass is 10.0. The maximum Gasteiger partial charge on any atom is 0.419 e. The summed E-state index contributed by atoms with van der Waals surface area (Å²) in [4.78, 5) is 24.4. The number of ether oxygens (including phenoxy) is 2. The molecule has 5 heterocycles. The summed E-state index contributed by atoms with van der Waals surface area (Å²) < 4.78 is 51.7. The van der Waals surface area contributed by atoms with Crippen LogP contribution in [0.4, 0.5) is 30.9 Å². The normalized spacial score (nSPS) is 19.7. The predicted octanol–water partition coefficient (Wildman–Crippen LogP) is 4.39. The zero-order chi connectivity index (χ0) is 26.3. The van der Waals surface area contributed by atoms with Crippen molar-refractivity contribution < 1.29 is 22.6 Å². The van der Waals surface area contributed by atoms with Crippen LogP contribution in [0.5, 0.6) is 11.5 Å². The number of anilines is 3. The lowest BCUT2D eigenvalue weighted by Gasteiger charge is -2.37. The Morgan fingerprint density at radius 2 is 1.63 bits per heavy atom. The third kappa shape index (κ3) is 4.74. The molecule has 38 heavy (non-hydrogen) atoms. The molecule has 1 aromatic carbocycles. The predicted molar refractivity (Wildman–Crippen MR) is 136 cm³/mol. The second kappa shape index (κ2) is 9.80. The van der Waals surface area contributed by atoms with Crippen molar-refractivity contribution in [1.82, 2.24) is 19.9 Å². The highest BCUT2D eigenvalue weighted by Gasteiger charge is 2.36. The number of hydrogen-bond acceptors (Lipinski definition) is 9. The Kier molecular flexibility index (Phi) is 6.32. The van der Waals surface area contributed by atoms with Gasteiger partial charge in [0.15, 0.2) is 17.3 Å². The van der Waals surface area contributed by atoms with E-state index in [1.165, 1.54) is 18.7 Å². The zero-order valence-corrected chi connectivity index (χ0v) is 21.0. The summed E-state index contributed by atoms with van der Waals surface area (Å²) in [6, 6.07) is 8.29. The van der Waals surface area contributed by atoms with E-state index in [0.29, 0.717) is 61.4 Å². The molecule has 2 fully saturated rings. The van der Waals surface area contributed by atoms with Crippen LogP contribution in [0, 0.1) is 0 Å². The molecule has 0 aliphatic carbocycles. The van der Waals surface area contributed by atoms with E-state index in [4.69, 9.17) is 24.4 Å². The van der Waals surface area contributed by atoms with Gasteiger partial charge in [0.1, 0.15) is 5.82 Å². The van der Waals surface area contributed by atoms with Crippen LogP contribution in [0.1, 0.15) is 31.7 Å². The molecule has 0 bridgehead atoms. The first kappa shape index (κ1) is 24.5. The zero-order valence-electron chi connectivity index (χ0n) is 21.0. The van der Waals surface area contributed by atoms with E-state index in [0.717, 1.165) is 31.0 Å². The Balaban J connectivity index is 1.30. The lowest BCUT2D eigenvalue weighted by molar-refractivity contribution is -0.137. The molecule has 3 aliphatic rings. The number of fused-ring (bicyclic) bond motifs is 1. The molecule has 200 valence electrons. The molecular weight excluding hydrogens is 499 g/mol. The number of aromatic nitrogens is 4. The fraction of sp³-hybridized carbons (Fsp3) is 0.462. The number of benzene rings is 1. The molecular formula is C26H28F3N7O2. The van der Waals surface area contributed by atoms with Gasteiger partial charge in [0.25, 0.3) is 0 Å². The van der Waals surface area contributed by atoms with Crippen molar-refractivity contribution in [2.75, 3.05) is 54.2 Å². The minimum absolute atomic E-state index is 0.0424. The topological polar surface area (TPSA) is 79.7 Å². The van der Waals surface area contributed by atoms with E-state index in [-0.39, 0.29) is 12.6 Å². The summed E-state index contributed by atoms with van der Waals surface area (Å²) >= 11 is 0. The Morgan fingerprint density at radius 1 is 0.868 bits per heavy atom. The average molecular weight is 528 g/mol. The molecule has 0 N–H and O–H groups in total. The largest absolute Gasteiger partial charge is 0.454 e. The number of hydrogen-bond donors (Lipinski definition) is 0. The van der Waals surface area contributed by atoms with Gasteiger partial charge in [-0.05, 0) is 56.5 Å². The highest BCUT2D eigenvalue weighted by molar-refractivity contribution is 5.64. The van der Waals surface area contributed by atoms with Crippen molar-refractivity contribution in [2.45, 2.75) is 38.4 Å². The average Bonchev–Trinajstić information content (AvgIpc) is 3.41. The number of nitrogens with zero attached hydrogens (tertiary/aromatic N) is 7. The lowest BCUT2D eigenvalue weighted by Crippen LogP contribution is -2.48. The maximum atomic E-state index is 13.6. The Labute approximate surface area is 218 Å². The molecule has 1 unspecified atom stereocenters. The van der Waals surface area contributed by atoms with Crippen molar-refractivity contribution >= 4 is 17.7 Å². The van der Waals surface area contributed by atoms with Crippen molar-refractivity contribution in [3.05, 3.63) is 42.1 Å². The highest BCUT2D eigenvalue weighted by atomic mass is 19.4. The highest BCUT2D eigenvalue weighted by Crippen LogP contribution is 2.37. The maximum absolute atomic E-state index is 13.6. The number of rotatable bonds is 4. The van der Waals surface area contributed by atoms with Gasteiger partial charge < -0.3 is 24.2 Å². The summed E-state index contributed by atoms with van der Waals surface area (Å²) in [5.41, 5.74) is 0.0610. The molecule has 0 saturated carbocycles. The van der Waals surface area contributed by atoms with Gasteiger partial charge in [-0.25, -0.2) is 4.98 Å². The second-order valence-electron chi connectivity index (χ2n) is 9.71. The van der Waals surface area contributed by atoms with Crippen LogP contribution in [-0.2, 0) is 6.18 Å². The minimum atomic E-state index is -4.46. The van der Waals surface area contributed by atoms with E-state index in [1.807, 2.05) is 23.1 Å². The van der Waals surface area contributed by atoms with Gasteiger partial charge >= 0.3 is 6.18 Å². The van der Waals surface area contributed by atoms with Gasteiger partial charge in [0, 0.05) is 50.5 Å². The van der Waals surface area contributed by atoms with Crippen LogP contribution in [0.2, 0.25) is 0 Å². The second-order valence-corrected chi connectivity index (χ2v) is 9.71. The Morgan fingerprint density at radius 3 is 2.42 bits per heavy atom. The first-order chi connectivity index (χ1) is 18.4. The van der Waals surface area contributed by atoms with Crippen LogP contribution in [-0.4, -0.2) is 65.5 Å². The molecule has 3 aliphatic heterocycles. The van der Waals surface area contributed by atoms with Crippen LogP contribution in [0.3, 0.4) is 0 Å². The number of pyridine rings is 1. The fourth-order valence-corrected chi connectivity index (χ4v) is 5.17. The third-order valence-corrected chi connectivity index (χ3v) is 7.26. The molecule has 2 saturated heterocycles. The molecule has 9 nitrogen and oxygen atoms in total. The molecule has 6 rings (SSSR count). The summed E-state index contributed by atoms with van der Waals surface area (Å²) in [5, 5.41) is 0. The van der Waals surface area contributed by atoms with Crippen molar-refractivity contribution in [3.8, 4) is 22.9 Å². The molecule has 3 aromatic rings. The van der Waals surface area contributed by atoms with Crippen LogP contribution in [0.15, 0.2) is 36.5 Å². The van der Waals surface area contributed by atoms with Crippen LogP contribution in [0.25, 0.3) is 11.4 Å². The van der Waals surface area contributed by atoms with Crippen molar-refractivity contribution in [2.24, 2.45) is 0 Å². The van der Waals surface area contributed by atoms with E-state index in [9.17, 15) is 13.2 Å². The number of alkyl halides is 3. The number of halogens is 3. The van der Waals surface area contributed by atoms with Gasteiger partial charge in [-0.3, -0.25) is 0 Å². The summed E-state index contributed by atoms with van der Waals surface area (Å²) in [6.07, 6.45) is 0.223. The summed E-state index contributed by atoms with van der Waals surface area (Å²) in [5.74, 6) is 2.92. The molecule has 1 atom stereocenters. The first-order valence-electron chi connectivity index (χ1n) is 12.8. The summed E-state index contributed by atoms with van der Waals surface area (Å²) in [6.45, 7) is 4.84. The third-order valence-electron chi connectivity index (χ3n) is 7.26. The van der Waals surface area contributed by atoms with Gasteiger partial charge in [0.05, 0.1) is 5.56 Å². The molecule has 12 heteroatoms. The van der Waals surface area contributed by atoms with Crippen molar-refractivity contribution in [1.29, 1.82) is 0 Å². The minimum Gasteiger partial charge on any atom is -0.454 e. The van der Waals surface area contributed by atoms with E-state index >= 15 is 0 Å². The number of piperidine rings is 1. The van der Waals surface area contributed by atoms with Gasteiger partial charge in [-0.15, -0.1) is 0 Å². The number of piperazine rings is 1. The standard InChI is InChI=1S/C26H28F3N7O2/c1-17-5-2-3-10-36(17)25-32-22(18-7-8-20-21(15-18)38-16-37-20)31-24(33-25)35-13-11-34(12-14-35)23-19(26(27,28)29)6-4-9-30-23/h4,6-9,15,17H,2-3,5,10-14,16H2,1H3. The monoisotopic (exact) mass is 527 g/mol. The Hall–Kier alpha value is -3.83. The molecule has 0 radical (unpaired) electrons. The van der Waals surface area contributed by atoms with E-state index in [2.05, 4.69) is 16.8 Å². The molecule has 2 aromatic heterocycles. The van der Waals surface area contributed by atoms with Crippen LogP contribution >= 0.6 is 0 Å². The van der Waals surface area contributed by atoms with Crippen LogP contribution < -0.4 is 24.2 Å². The smallest absolute Gasteiger partial charge is 0.419 e. The quantitative estimate of drug-likeness (QED) is 0.491. The fourth-order valence-electron chi connectivity index (χ4n) is 5.17. The molecule has 0 amide bonds. The Bertz CT molecular complexity index is 1310. The summed E-state index contributed by atoms with van der Waals surface area (Å²) in [7, 11) is 0. The SMILES string of the molecule is CC1CCCCN1c1nc(-c2ccc3c(c2)OCO3)nc(N2CCN(c3ncccc3C(F)(F)F)CC2)n1. The van der Waals surface area contributed by atoms with Gasteiger partial charge in [-0.2, -0.15) is 28.1 Å². The van der Waals surface area contributed by atoms with Gasteiger partial charge in [0.2, 0.25) is 18.7 Å². The molecule has 0 spiro atoms. The van der Waals surface area contributed by atoms with Crippen molar-refractivity contribution in [3.63, 3.8) is 0 Å². The van der Waals surface area contributed by atoms with E-state index < -0.39 is 11.7 Å². The van der Waals surface area contributed by atoms with Gasteiger partial charge in [-0.1, -0.05) is 0 Å².